The number of carbonyl (C=O) groups excluding carboxylic acids is 1. The summed E-state index contributed by atoms with van der Waals surface area (Å²) in [4.78, 5) is 19.7. The summed E-state index contributed by atoms with van der Waals surface area (Å²) in [5.41, 5.74) is 4.25. The molecule has 0 aromatic carbocycles. The van der Waals surface area contributed by atoms with Crippen molar-refractivity contribution < 1.29 is 22.0 Å². The van der Waals surface area contributed by atoms with E-state index in [1.165, 1.54) is 33.0 Å². The second-order valence-electron chi connectivity index (χ2n) is 6.63. The van der Waals surface area contributed by atoms with Gasteiger partial charge >= 0.3 is 0 Å². The molecule has 0 bridgehead atoms. The van der Waals surface area contributed by atoms with Crippen LogP contribution in [0, 0.1) is 5.82 Å². The standard InChI is InChI=1S/C18H21F2N5O3S/c1-11(23-16(26)15-8-6-13(19)9-22-15)5-7-14(20)12(2)18(3)10-29(27,28)25(4)17(21)24-18/h5-9H,2,10H2,1,3-4H3,(H2,21,24)(H,23,26)/b11-5+,14-7+/t18-/m0/s1. The topological polar surface area (TPSA) is 118 Å². The van der Waals surface area contributed by atoms with E-state index in [0.717, 1.165) is 22.6 Å². The number of aromatic nitrogens is 1. The van der Waals surface area contributed by atoms with Crippen molar-refractivity contribution in [3.63, 3.8) is 0 Å². The Balaban J connectivity index is 2.16. The second-order valence-corrected chi connectivity index (χ2v) is 8.63. The molecule has 156 valence electrons. The van der Waals surface area contributed by atoms with Crippen molar-refractivity contribution in [2.24, 2.45) is 10.7 Å². The highest BCUT2D eigenvalue weighted by atomic mass is 32.2. The molecule has 0 radical (unpaired) electrons. The van der Waals surface area contributed by atoms with E-state index in [9.17, 15) is 22.0 Å². The van der Waals surface area contributed by atoms with Crippen LogP contribution in [-0.4, -0.2) is 47.9 Å². The number of hydrogen-bond donors (Lipinski definition) is 2. The van der Waals surface area contributed by atoms with Crippen molar-refractivity contribution in [3.8, 4) is 0 Å². The lowest BCUT2D eigenvalue weighted by atomic mass is 9.94. The third-order valence-electron chi connectivity index (χ3n) is 4.25. The number of allylic oxidation sites excluding steroid dienone is 3. The third kappa shape index (κ3) is 5.05. The van der Waals surface area contributed by atoms with E-state index < -0.39 is 38.9 Å². The van der Waals surface area contributed by atoms with Crippen molar-refractivity contribution in [2.75, 3.05) is 12.8 Å². The molecule has 1 aliphatic rings. The van der Waals surface area contributed by atoms with Crippen LogP contribution in [0.1, 0.15) is 24.3 Å². The molecule has 2 heterocycles. The predicted octanol–water partition coefficient (Wildman–Crippen LogP) is 1.61. The van der Waals surface area contributed by atoms with E-state index in [1.807, 2.05) is 0 Å². The summed E-state index contributed by atoms with van der Waals surface area (Å²) in [5, 5.41) is 2.47. The average molecular weight is 425 g/mol. The van der Waals surface area contributed by atoms with Crippen LogP contribution < -0.4 is 11.1 Å². The van der Waals surface area contributed by atoms with Gasteiger partial charge in [0.1, 0.15) is 22.9 Å². The quantitative estimate of drug-likeness (QED) is 0.695. The molecule has 0 unspecified atom stereocenters. The summed E-state index contributed by atoms with van der Waals surface area (Å²) in [6.45, 7) is 6.54. The third-order valence-corrected chi connectivity index (χ3v) is 6.20. The van der Waals surface area contributed by atoms with Crippen LogP contribution in [-0.2, 0) is 10.0 Å². The first kappa shape index (κ1) is 22.2. The van der Waals surface area contributed by atoms with Crippen molar-refractivity contribution in [1.29, 1.82) is 0 Å². The fourth-order valence-electron chi connectivity index (χ4n) is 2.46. The summed E-state index contributed by atoms with van der Waals surface area (Å²) in [6, 6.07) is 2.30. The van der Waals surface area contributed by atoms with Gasteiger partial charge in [-0.05, 0) is 38.1 Å². The van der Waals surface area contributed by atoms with Gasteiger partial charge < -0.3 is 11.1 Å². The Labute approximate surface area is 167 Å². The summed E-state index contributed by atoms with van der Waals surface area (Å²) >= 11 is 0. The number of nitrogens with zero attached hydrogens (tertiary/aromatic N) is 3. The first-order valence-electron chi connectivity index (χ1n) is 8.34. The van der Waals surface area contributed by atoms with Crippen molar-refractivity contribution in [3.05, 3.63) is 65.7 Å². The van der Waals surface area contributed by atoms with Crippen LogP contribution in [0.5, 0.6) is 0 Å². The van der Waals surface area contributed by atoms with Gasteiger partial charge in [-0.2, -0.15) is 0 Å². The van der Waals surface area contributed by atoms with E-state index >= 15 is 0 Å². The van der Waals surface area contributed by atoms with E-state index in [2.05, 4.69) is 21.9 Å². The van der Waals surface area contributed by atoms with Gasteiger partial charge in [0.05, 0.1) is 11.9 Å². The minimum absolute atomic E-state index is 0.0122. The number of nitrogens with two attached hydrogens (primary N) is 1. The number of carbonyl (C=O) groups is 1. The normalized spacial score (nSPS) is 22.1. The smallest absolute Gasteiger partial charge is 0.273 e. The minimum atomic E-state index is -3.76. The zero-order chi connectivity index (χ0) is 22.0. The fourth-order valence-corrected chi connectivity index (χ4v) is 3.92. The molecule has 3 N–H and O–H groups in total. The molecular weight excluding hydrogens is 404 g/mol. The molecule has 1 aliphatic heterocycles. The monoisotopic (exact) mass is 425 g/mol. The lowest BCUT2D eigenvalue weighted by Crippen LogP contribution is -2.52. The van der Waals surface area contributed by atoms with Crippen molar-refractivity contribution >= 4 is 21.9 Å². The van der Waals surface area contributed by atoms with Crippen molar-refractivity contribution in [2.45, 2.75) is 19.4 Å². The molecule has 2 rings (SSSR count). The van der Waals surface area contributed by atoms with Gasteiger partial charge in [0.25, 0.3) is 5.91 Å². The minimum Gasteiger partial charge on any atom is -0.369 e. The summed E-state index contributed by atoms with van der Waals surface area (Å²) < 4.78 is 52.6. The van der Waals surface area contributed by atoms with Crippen LogP contribution in [0.15, 0.2) is 59.1 Å². The average Bonchev–Trinajstić information content (AvgIpc) is 2.63. The Kier molecular flexibility index (Phi) is 6.21. The lowest BCUT2D eigenvalue weighted by molar-refractivity contribution is 0.0961. The van der Waals surface area contributed by atoms with Gasteiger partial charge in [-0.1, -0.05) is 6.58 Å². The zero-order valence-corrected chi connectivity index (χ0v) is 16.9. The summed E-state index contributed by atoms with van der Waals surface area (Å²) in [5.74, 6) is -2.76. The van der Waals surface area contributed by atoms with Crippen LogP contribution in [0.4, 0.5) is 8.78 Å². The molecule has 0 fully saturated rings. The maximum atomic E-state index is 14.6. The number of nitrogens with one attached hydrogen (secondary N) is 1. The van der Waals surface area contributed by atoms with Gasteiger partial charge in [-0.15, -0.1) is 0 Å². The molecule has 8 nitrogen and oxygen atoms in total. The number of guanidine groups is 1. The number of pyridine rings is 1. The number of halogens is 2. The maximum Gasteiger partial charge on any atom is 0.273 e. The number of rotatable bonds is 5. The van der Waals surface area contributed by atoms with Crippen LogP contribution in [0.3, 0.4) is 0 Å². The van der Waals surface area contributed by atoms with Gasteiger partial charge in [0, 0.05) is 18.3 Å². The van der Waals surface area contributed by atoms with E-state index in [4.69, 9.17) is 5.73 Å². The van der Waals surface area contributed by atoms with E-state index in [-0.39, 0.29) is 22.9 Å². The summed E-state index contributed by atoms with van der Waals surface area (Å²) in [7, 11) is -2.50. The molecule has 1 amide bonds. The molecular formula is C18H21F2N5O3S. The number of aliphatic imine (C=N–C) groups is 1. The predicted molar refractivity (Wildman–Crippen MR) is 105 cm³/mol. The lowest BCUT2D eigenvalue weighted by Gasteiger charge is -2.34. The maximum absolute atomic E-state index is 14.6. The first-order valence-corrected chi connectivity index (χ1v) is 9.95. The zero-order valence-electron chi connectivity index (χ0n) is 16.1. The Morgan fingerprint density at radius 2 is 2.07 bits per heavy atom. The highest BCUT2D eigenvalue weighted by Crippen LogP contribution is 2.32. The molecule has 0 saturated carbocycles. The van der Waals surface area contributed by atoms with E-state index in [1.54, 1.807) is 0 Å². The highest BCUT2D eigenvalue weighted by Gasteiger charge is 2.41. The second kappa shape index (κ2) is 8.11. The highest BCUT2D eigenvalue weighted by molar-refractivity contribution is 7.89. The van der Waals surface area contributed by atoms with Crippen LogP contribution in [0.25, 0.3) is 0 Å². The van der Waals surface area contributed by atoms with Crippen LogP contribution in [0.2, 0.25) is 0 Å². The SMILES string of the molecule is C=C(/C(F)=C\C=C(/C)NC(=O)c1ccc(F)cn1)[C@]1(C)CS(=O)(=O)N(C)C(N)=N1. The van der Waals surface area contributed by atoms with Gasteiger partial charge in [0.2, 0.25) is 16.0 Å². The molecule has 11 heteroatoms. The Morgan fingerprint density at radius 3 is 2.62 bits per heavy atom. The molecule has 0 saturated heterocycles. The van der Waals surface area contributed by atoms with Gasteiger partial charge in [-0.25, -0.2) is 31.5 Å². The van der Waals surface area contributed by atoms with Crippen molar-refractivity contribution in [1.82, 2.24) is 14.6 Å². The van der Waals surface area contributed by atoms with Gasteiger partial charge in [0.15, 0.2) is 0 Å². The van der Waals surface area contributed by atoms with E-state index in [0.29, 0.717) is 0 Å². The van der Waals surface area contributed by atoms with Crippen LogP contribution >= 0.6 is 0 Å². The molecule has 29 heavy (non-hydrogen) atoms. The molecule has 0 aliphatic carbocycles. The number of sulfonamides is 1. The molecule has 1 aromatic heterocycles. The number of hydrogen-bond acceptors (Lipinski definition) is 6. The molecule has 1 aromatic rings. The Hall–Kier alpha value is -3.08. The first-order chi connectivity index (χ1) is 13.4. The van der Waals surface area contributed by atoms with Gasteiger partial charge in [-0.3, -0.25) is 4.79 Å². The summed E-state index contributed by atoms with van der Waals surface area (Å²) in [6.07, 6.45) is 3.19. The Bertz CT molecular complexity index is 1030. The molecule has 0 spiro atoms. The fraction of sp³-hybridized carbons (Fsp3) is 0.278. The largest absolute Gasteiger partial charge is 0.369 e. The Morgan fingerprint density at radius 1 is 1.41 bits per heavy atom. The number of amides is 1. The molecule has 1 atom stereocenters.